The summed E-state index contributed by atoms with van der Waals surface area (Å²) in [6.07, 6.45) is 3.62. The molecule has 5 rings (SSSR count). The number of carbonyl (C=O) groups is 2. The molecule has 3 N–H and O–H groups in total. The Morgan fingerprint density at radius 1 is 1.03 bits per heavy atom. The van der Waals surface area contributed by atoms with Crippen molar-refractivity contribution in [2.45, 2.75) is 46.3 Å². The molecule has 2 aromatic heterocycles. The quantitative estimate of drug-likeness (QED) is 0.326. The van der Waals surface area contributed by atoms with Gasteiger partial charge in [0.15, 0.2) is 12.4 Å². The first kappa shape index (κ1) is 25.9. The fourth-order valence-corrected chi connectivity index (χ4v) is 4.33. The number of fused-ring (bicyclic) bond motifs is 1. The van der Waals surface area contributed by atoms with Crippen molar-refractivity contribution in [1.82, 2.24) is 30.4 Å². The van der Waals surface area contributed by atoms with E-state index < -0.39 is 0 Å². The average Bonchev–Trinajstić information content (AvgIpc) is 3.58. The van der Waals surface area contributed by atoms with Gasteiger partial charge in [0.2, 0.25) is 5.91 Å². The molecule has 0 unspecified atom stereocenters. The van der Waals surface area contributed by atoms with Gasteiger partial charge in [-0.15, -0.1) is 0 Å². The lowest BCUT2D eigenvalue weighted by Gasteiger charge is -2.20. The van der Waals surface area contributed by atoms with Crippen LogP contribution in [0.1, 0.15) is 39.0 Å². The zero-order valence-corrected chi connectivity index (χ0v) is 22.4. The number of H-pyrrole nitrogens is 1. The number of hydrogen-bond acceptors (Lipinski definition) is 7. The van der Waals surface area contributed by atoms with Gasteiger partial charge in [-0.05, 0) is 50.6 Å². The molecule has 39 heavy (non-hydrogen) atoms. The average molecular weight is 526 g/mol. The van der Waals surface area contributed by atoms with E-state index in [4.69, 9.17) is 14.7 Å². The van der Waals surface area contributed by atoms with Gasteiger partial charge in [-0.25, -0.2) is 9.97 Å². The summed E-state index contributed by atoms with van der Waals surface area (Å²) in [4.78, 5) is 35.7. The van der Waals surface area contributed by atoms with E-state index in [9.17, 15) is 9.59 Å². The highest BCUT2D eigenvalue weighted by molar-refractivity contribution is 5.78. The van der Waals surface area contributed by atoms with Crippen LogP contribution in [0.25, 0.3) is 22.5 Å². The second-order valence-electron chi connectivity index (χ2n) is 10.5. The van der Waals surface area contributed by atoms with E-state index in [1.807, 2.05) is 69.4 Å². The first-order chi connectivity index (χ1) is 18.6. The fourth-order valence-electron chi connectivity index (χ4n) is 4.33. The highest BCUT2D eigenvalue weighted by Gasteiger charge is 2.27. The number of aromatic amines is 1. The van der Waals surface area contributed by atoms with Crippen LogP contribution in [0.2, 0.25) is 0 Å². The van der Waals surface area contributed by atoms with E-state index >= 15 is 0 Å². The predicted molar refractivity (Wildman–Crippen MR) is 148 cm³/mol. The Labute approximate surface area is 226 Å². The molecule has 4 aromatic rings. The SMILES string of the molecule is CC(=O)N1Cc2nc(-c3cccc(OCC(=O)NC(C)(C)C)c3)nc(Nc3ccc(-c4cn[nH]c4)cc3)c2C1. The number of carbonyl (C=O) groups excluding carboxylic acids is 2. The van der Waals surface area contributed by atoms with Crippen LogP contribution < -0.4 is 15.4 Å². The molecule has 0 bridgehead atoms. The molecule has 0 radical (unpaired) electrons. The summed E-state index contributed by atoms with van der Waals surface area (Å²) in [6.45, 7) is 8.07. The van der Waals surface area contributed by atoms with Gasteiger partial charge in [0, 0.05) is 41.0 Å². The fraction of sp³-hybridized carbons (Fsp3) is 0.276. The maximum absolute atomic E-state index is 12.2. The number of nitrogens with zero attached hydrogens (tertiary/aromatic N) is 4. The lowest BCUT2D eigenvalue weighted by atomic mass is 10.1. The Bertz CT molecular complexity index is 1490. The minimum Gasteiger partial charge on any atom is -0.484 e. The molecule has 1 aliphatic rings. The molecule has 0 spiro atoms. The molecule has 3 heterocycles. The number of anilines is 2. The molecule has 0 atom stereocenters. The largest absolute Gasteiger partial charge is 0.484 e. The van der Waals surface area contributed by atoms with Crippen LogP contribution in [0.3, 0.4) is 0 Å². The lowest BCUT2D eigenvalue weighted by Crippen LogP contribution is -2.43. The minimum absolute atomic E-state index is 0.0195. The Kier molecular flexibility index (Phi) is 7.02. The maximum Gasteiger partial charge on any atom is 0.258 e. The van der Waals surface area contributed by atoms with E-state index in [-0.39, 0.29) is 24.0 Å². The van der Waals surface area contributed by atoms with Crippen LogP contribution in [0.5, 0.6) is 5.75 Å². The molecule has 0 saturated carbocycles. The zero-order valence-electron chi connectivity index (χ0n) is 22.4. The monoisotopic (exact) mass is 525 g/mol. The van der Waals surface area contributed by atoms with Crippen molar-refractivity contribution in [2.75, 3.05) is 11.9 Å². The van der Waals surface area contributed by atoms with Crippen molar-refractivity contribution in [3.05, 3.63) is 72.2 Å². The van der Waals surface area contributed by atoms with Crippen molar-refractivity contribution in [1.29, 1.82) is 0 Å². The number of aromatic nitrogens is 4. The molecule has 10 nitrogen and oxygen atoms in total. The molecule has 2 amide bonds. The molecule has 1 aliphatic heterocycles. The van der Waals surface area contributed by atoms with Crippen molar-refractivity contribution < 1.29 is 14.3 Å². The van der Waals surface area contributed by atoms with Gasteiger partial charge in [0.05, 0.1) is 25.0 Å². The smallest absolute Gasteiger partial charge is 0.258 e. The Balaban J connectivity index is 1.41. The summed E-state index contributed by atoms with van der Waals surface area (Å²) in [6, 6.07) is 15.3. The molecular formula is C29H31N7O3. The summed E-state index contributed by atoms with van der Waals surface area (Å²) in [5.74, 6) is 1.47. The third kappa shape index (κ3) is 6.23. The minimum atomic E-state index is -0.336. The number of hydrogen-bond donors (Lipinski definition) is 3. The molecular weight excluding hydrogens is 494 g/mol. The number of ether oxygens (including phenoxy) is 1. The topological polar surface area (TPSA) is 125 Å². The molecule has 200 valence electrons. The van der Waals surface area contributed by atoms with E-state index in [0.29, 0.717) is 30.5 Å². The van der Waals surface area contributed by atoms with E-state index in [1.165, 1.54) is 0 Å². The summed E-state index contributed by atoms with van der Waals surface area (Å²) in [5.41, 5.74) is 4.99. The summed E-state index contributed by atoms with van der Waals surface area (Å²) < 4.78 is 5.74. The van der Waals surface area contributed by atoms with Crippen LogP contribution in [0.15, 0.2) is 60.9 Å². The standard InChI is InChI=1S/C29H31N7O3/c1-18(37)36-15-24-25(16-36)33-27(20-6-5-7-23(12-20)39-17-26(38)35-29(2,3)4)34-28(24)32-22-10-8-19(9-11-22)21-13-30-31-14-21/h5-14H,15-17H2,1-4H3,(H,30,31)(H,35,38)(H,32,33,34). The summed E-state index contributed by atoms with van der Waals surface area (Å²) >= 11 is 0. The van der Waals surface area contributed by atoms with Crippen LogP contribution >= 0.6 is 0 Å². The summed E-state index contributed by atoms with van der Waals surface area (Å²) in [5, 5.41) is 13.1. The first-order valence-corrected chi connectivity index (χ1v) is 12.7. The molecule has 10 heteroatoms. The van der Waals surface area contributed by atoms with E-state index in [1.54, 1.807) is 24.1 Å². The summed E-state index contributed by atoms with van der Waals surface area (Å²) in [7, 11) is 0. The van der Waals surface area contributed by atoms with E-state index in [2.05, 4.69) is 20.8 Å². The van der Waals surface area contributed by atoms with Gasteiger partial charge < -0.3 is 20.3 Å². The van der Waals surface area contributed by atoms with Crippen molar-refractivity contribution >= 4 is 23.3 Å². The second kappa shape index (κ2) is 10.6. The number of benzene rings is 2. The third-order valence-electron chi connectivity index (χ3n) is 6.18. The van der Waals surface area contributed by atoms with Crippen molar-refractivity contribution in [2.24, 2.45) is 0 Å². The van der Waals surface area contributed by atoms with Crippen molar-refractivity contribution in [3.8, 4) is 28.3 Å². The van der Waals surface area contributed by atoms with E-state index in [0.717, 1.165) is 33.6 Å². The Morgan fingerprint density at radius 3 is 2.51 bits per heavy atom. The number of rotatable bonds is 7. The third-order valence-corrected chi connectivity index (χ3v) is 6.18. The van der Waals surface area contributed by atoms with Gasteiger partial charge in [0.25, 0.3) is 5.91 Å². The normalized spacial score (nSPS) is 12.7. The van der Waals surface area contributed by atoms with Crippen LogP contribution in [-0.4, -0.2) is 49.0 Å². The molecule has 0 saturated heterocycles. The number of nitrogens with one attached hydrogen (secondary N) is 3. The second-order valence-corrected chi connectivity index (χ2v) is 10.5. The molecule has 0 fully saturated rings. The first-order valence-electron chi connectivity index (χ1n) is 12.7. The maximum atomic E-state index is 12.2. The van der Waals surface area contributed by atoms with Gasteiger partial charge >= 0.3 is 0 Å². The highest BCUT2D eigenvalue weighted by Crippen LogP contribution is 2.33. The number of amides is 2. The van der Waals surface area contributed by atoms with Gasteiger partial charge in [-0.2, -0.15) is 5.10 Å². The molecule has 2 aromatic carbocycles. The van der Waals surface area contributed by atoms with Gasteiger partial charge in [-0.1, -0.05) is 24.3 Å². The van der Waals surface area contributed by atoms with Crippen LogP contribution in [0, 0.1) is 0 Å². The van der Waals surface area contributed by atoms with Gasteiger partial charge in [-0.3, -0.25) is 14.7 Å². The predicted octanol–water partition coefficient (Wildman–Crippen LogP) is 4.43. The van der Waals surface area contributed by atoms with Crippen LogP contribution in [0.4, 0.5) is 11.5 Å². The van der Waals surface area contributed by atoms with Crippen molar-refractivity contribution in [3.63, 3.8) is 0 Å². The molecule has 0 aliphatic carbocycles. The Hall–Kier alpha value is -4.73. The highest BCUT2D eigenvalue weighted by atomic mass is 16.5. The Morgan fingerprint density at radius 2 is 1.82 bits per heavy atom. The zero-order chi connectivity index (χ0) is 27.6. The lowest BCUT2D eigenvalue weighted by molar-refractivity contribution is -0.129. The van der Waals surface area contributed by atoms with Crippen LogP contribution in [-0.2, 0) is 22.7 Å². The van der Waals surface area contributed by atoms with Gasteiger partial charge in [0.1, 0.15) is 11.6 Å².